The van der Waals surface area contributed by atoms with E-state index < -0.39 is 5.66 Å². The van der Waals surface area contributed by atoms with E-state index >= 15 is 0 Å². The quantitative estimate of drug-likeness (QED) is 0.629. The number of likely N-dealkylation sites (tertiary alicyclic amines) is 1. The lowest BCUT2D eigenvalue weighted by molar-refractivity contribution is -0.132. The predicted octanol–water partition coefficient (Wildman–Crippen LogP) is 3.66. The summed E-state index contributed by atoms with van der Waals surface area (Å²) in [5, 5.41) is 1.16. The molecule has 6 rings (SSSR count). The molecule has 2 fully saturated rings. The number of nitrogens with one attached hydrogen (secondary N) is 1. The lowest BCUT2D eigenvalue weighted by atomic mass is 9.89. The summed E-state index contributed by atoms with van der Waals surface area (Å²) in [6.07, 6.45) is 6.89. The Kier molecular flexibility index (Phi) is 5.12. The van der Waals surface area contributed by atoms with Gasteiger partial charge in [-0.2, -0.15) is 0 Å². The molecule has 0 saturated carbocycles. The molecule has 3 amide bonds. The number of pyridine rings is 1. The fourth-order valence-corrected chi connectivity index (χ4v) is 6.16. The highest BCUT2D eigenvalue weighted by Gasteiger charge is 2.52. The molecule has 0 radical (unpaired) electrons. The summed E-state index contributed by atoms with van der Waals surface area (Å²) in [6, 6.07) is 11.3. The van der Waals surface area contributed by atoms with Crippen LogP contribution in [0.5, 0.6) is 0 Å². The number of hydrogen-bond donors (Lipinski definition) is 1. The molecule has 3 aliphatic heterocycles. The monoisotopic (exact) mass is 471 g/mol. The summed E-state index contributed by atoms with van der Waals surface area (Å²) in [4.78, 5) is 52.3. The van der Waals surface area contributed by atoms with Gasteiger partial charge in [-0.25, -0.2) is 4.98 Å². The van der Waals surface area contributed by atoms with Crippen LogP contribution in [0.25, 0.3) is 11.0 Å². The van der Waals surface area contributed by atoms with Gasteiger partial charge in [-0.15, -0.1) is 0 Å². The summed E-state index contributed by atoms with van der Waals surface area (Å²) in [7, 11) is 0. The van der Waals surface area contributed by atoms with Gasteiger partial charge in [-0.05, 0) is 61.9 Å². The molecule has 3 aromatic rings. The summed E-state index contributed by atoms with van der Waals surface area (Å²) >= 11 is 0. The fraction of sp³-hybridized carbons (Fsp3) is 0.407. The van der Waals surface area contributed by atoms with Crippen molar-refractivity contribution >= 4 is 34.4 Å². The van der Waals surface area contributed by atoms with E-state index in [1.807, 2.05) is 36.1 Å². The number of anilines is 1. The molecule has 0 aliphatic carbocycles. The third-order valence-corrected chi connectivity index (χ3v) is 8.07. The molecule has 2 aromatic heterocycles. The van der Waals surface area contributed by atoms with Crippen molar-refractivity contribution in [2.75, 3.05) is 24.5 Å². The largest absolute Gasteiger partial charge is 0.346 e. The molecule has 1 aromatic carbocycles. The zero-order valence-electron chi connectivity index (χ0n) is 19.9. The van der Waals surface area contributed by atoms with Gasteiger partial charge in [0, 0.05) is 50.3 Å². The van der Waals surface area contributed by atoms with Gasteiger partial charge in [0.2, 0.25) is 11.8 Å². The van der Waals surface area contributed by atoms with Crippen molar-refractivity contribution in [3.05, 3.63) is 59.9 Å². The van der Waals surface area contributed by atoms with E-state index in [2.05, 4.69) is 22.2 Å². The first-order valence-corrected chi connectivity index (χ1v) is 12.4. The Balaban J connectivity index is 1.13. The first-order chi connectivity index (χ1) is 17.0. The Morgan fingerprint density at radius 2 is 1.94 bits per heavy atom. The summed E-state index contributed by atoms with van der Waals surface area (Å²) in [6.45, 7) is 3.66. The SMILES string of the molecule is CC12CCC(=O)N1c1ccccc1C(=O)N2CCC(=O)N1CCC(c2c[nH]c3ncccc23)CC1. The maximum Gasteiger partial charge on any atom is 0.257 e. The van der Waals surface area contributed by atoms with Crippen molar-refractivity contribution in [2.24, 2.45) is 0 Å². The maximum absolute atomic E-state index is 13.4. The van der Waals surface area contributed by atoms with Crippen LogP contribution < -0.4 is 4.90 Å². The third kappa shape index (κ3) is 3.42. The first kappa shape index (κ1) is 21.8. The van der Waals surface area contributed by atoms with Crippen molar-refractivity contribution in [1.29, 1.82) is 0 Å². The van der Waals surface area contributed by atoms with Crippen molar-refractivity contribution in [2.45, 2.75) is 50.6 Å². The molecule has 180 valence electrons. The first-order valence-electron chi connectivity index (χ1n) is 12.4. The topological polar surface area (TPSA) is 89.6 Å². The molecule has 8 heteroatoms. The Morgan fingerprint density at radius 3 is 2.77 bits per heavy atom. The van der Waals surface area contributed by atoms with Gasteiger partial charge < -0.3 is 14.8 Å². The van der Waals surface area contributed by atoms with Crippen LogP contribution in [-0.4, -0.2) is 62.8 Å². The van der Waals surface area contributed by atoms with Crippen molar-refractivity contribution < 1.29 is 14.4 Å². The van der Waals surface area contributed by atoms with Crippen LogP contribution in [-0.2, 0) is 9.59 Å². The zero-order valence-corrected chi connectivity index (χ0v) is 19.9. The molecule has 1 unspecified atom stereocenters. The fourth-order valence-electron chi connectivity index (χ4n) is 6.16. The summed E-state index contributed by atoms with van der Waals surface area (Å²) in [5.41, 5.74) is 2.67. The van der Waals surface area contributed by atoms with Crippen LogP contribution >= 0.6 is 0 Å². The number of nitrogens with zero attached hydrogens (tertiary/aromatic N) is 4. The average Bonchev–Trinajstić information content (AvgIpc) is 3.45. The minimum Gasteiger partial charge on any atom is -0.346 e. The number of rotatable bonds is 4. The molecule has 8 nitrogen and oxygen atoms in total. The summed E-state index contributed by atoms with van der Waals surface area (Å²) in [5.74, 6) is 0.385. The Bertz CT molecular complexity index is 1330. The number of carbonyl (C=O) groups excluding carboxylic acids is 3. The van der Waals surface area contributed by atoms with Crippen molar-refractivity contribution in [3.8, 4) is 0 Å². The molecule has 35 heavy (non-hydrogen) atoms. The Morgan fingerprint density at radius 1 is 1.14 bits per heavy atom. The third-order valence-electron chi connectivity index (χ3n) is 8.07. The van der Waals surface area contributed by atoms with Gasteiger partial charge in [0.05, 0.1) is 11.3 Å². The van der Waals surface area contributed by atoms with Gasteiger partial charge in [0.1, 0.15) is 11.3 Å². The molecular formula is C27H29N5O3. The van der Waals surface area contributed by atoms with Crippen LogP contribution in [0, 0.1) is 0 Å². The van der Waals surface area contributed by atoms with Crippen molar-refractivity contribution in [3.63, 3.8) is 0 Å². The van der Waals surface area contributed by atoms with Gasteiger partial charge in [-0.1, -0.05) is 12.1 Å². The number of aromatic amines is 1. The molecule has 2 saturated heterocycles. The molecular weight excluding hydrogens is 442 g/mol. The van der Waals surface area contributed by atoms with Crippen LogP contribution in [0.1, 0.15) is 60.9 Å². The van der Waals surface area contributed by atoms with Crippen LogP contribution in [0.4, 0.5) is 5.69 Å². The molecule has 5 heterocycles. The zero-order chi connectivity index (χ0) is 24.2. The molecule has 1 N–H and O–H groups in total. The van der Waals surface area contributed by atoms with E-state index in [1.54, 1.807) is 22.1 Å². The van der Waals surface area contributed by atoms with Gasteiger partial charge in [-0.3, -0.25) is 19.3 Å². The maximum atomic E-state index is 13.4. The number of carbonyl (C=O) groups is 3. The number of para-hydroxylation sites is 1. The van der Waals surface area contributed by atoms with E-state index in [0.717, 1.165) is 23.9 Å². The smallest absolute Gasteiger partial charge is 0.257 e. The highest BCUT2D eigenvalue weighted by Crippen LogP contribution is 2.44. The Labute approximate surface area is 203 Å². The minimum absolute atomic E-state index is 0.0262. The van der Waals surface area contributed by atoms with Crippen LogP contribution in [0.15, 0.2) is 48.8 Å². The Hall–Kier alpha value is -3.68. The number of hydrogen-bond acceptors (Lipinski definition) is 4. The lowest BCUT2D eigenvalue weighted by Crippen LogP contribution is -2.62. The van der Waals surface area contributed by atoms with Crippen molar-refractivity contribution in [1.82, 2.24) is 19.8 Å². The van der Waals surface area contributed by atoms with Crippen LogP contribution in [0.3, 0.4) is 0 Å². The van der Waals surface area contributed by atoms with Gasteiger partial charge >= 0.3 is 0 Å². The van der Waals surface area contributed by atoms with Gasteiger partial charge in [0.25, 0.3) is 5.91 Å². The van der Waals surface area contributed by atoms with E-state index in [-0.39, 0.29) is 24.1 Å². The average molecular weight is 472 g/mol. The molecule has 0 spiro atoms. The number of fused-ring (bicyclic) bond motifs is 4. The van der Waals surface area contributed by atoms with E-state index in [1.165, 1.54) is 5.56 Å². The molecule has 1 atom stereocenters. The predicted molar refractivity (Wildman–Crippen MR) is 132 cm³/mol. The second-order valence-electron chi connectivity index (χ2n) is 9.97. The normalized spacial score (nSPS) is 22.6. The summed E-state index contributed by atoms with van der Waals surface area (Å²) < 4.78 is 0. The second-order valence-corrected chi connectivity index (χ2v) is 9.97. The number of aromatic nitrogens is 2. The highest BCUT2D eigenvalue weighted by atomic mass is 16.2. The van der Waals surface area contributed by atoms with E-state index in [4.69, 9.17) is 0 Å². The number of piperidine rings is 1. The van der Waals surface area contributed by atoms with Crippen LogP contribution in [0.2, 0.25) is 0 Å². The van der Waals surface area contributed by atoms with Gasteiger partial charge in [0.15, 0.2) is 0 Å². The second kappa shape index (κ2) is 8.22. The molecule has 0 bridgehead atoms. The van der Waals surface area contributed by atoms with E-state index in [0.29, 0.717) is 49.6 Å². The molecule has 3 aliphatic rings. The number of amides is 3. The lowest BCUT2D eigenvalue weighted by Gasteiger charge is -2.48. The number of H-pyrrole nitrogens is 1. The standard InChI is InChI=1S/C27H29N5O3/c1-27-12-8-24(34)32(27)22-7-3-2-5-20(22)26(35)31(27)16-11-23(33)30-14-9-18(10-15-30)21-17-29-25-19(21)6-4-13-28-25/h2-7,13,17-18H,8-12,14-16H2,1H3,(H,28,29). The minimum atomic E-state index is -0.723. The van der Waals surface area contributed by atoms with E-state index in [9.17, 15) is 14.4 Å². The number of benzene rings is 1. The highest BCUT2D eigenvalue weighted by molar-refractivity contribution is 6.10.